The molecule has 0 radical (unpaired) electrons. The molecule has 0 aromatic heterocycles. The van der Waals surface area contributed by atoms with Crippen LogP contribution in [0.1, 0.15) is 52.2 Å². The highest BCUT2D eigenvalue weighted by atomic mass is 16.5. The highest BCUT2D eigenvalue weighted by Gasteiger charge is 2.01. The van der Waals surface area contributed by atoms with Gasteiger partial charge in [-0.05, 0) is 49.0 Å². The SMILES string of the molecule is COC(C)CCOC=C(C)c1ccc(C(C)=COCC(C)C)cc1. The number of ether oxygens (including phenoxy) is 3. The lowest BCUT2D eigenvalue weighted by atomic mass is 10.0. The highest BCUT2D eigenvalue weighted by Crippen LogP contribution is 2.19. The van der Waals surface area contributed by atoms with Crippen LogP contribution in [0.15, 0.2) is 36.8 Å². The second-order valence-corrected chi connectivity index (χ2v) is 6.61. The van der Waals surface area contributed by atoms with E-state index in [2.05, 4.69) is 52.0 Å². The molecule has 0 amide bonds. The molecule has 24 heavy (non-hydrogen) atoms. The summed E-state index contributed by atoms with van der Waals surface area (Å²) in [4.78, 5) is 0. The molecule has 134 valence electrons. The largest absolute Gasteiger partial charge is 0.501 e. The molecule has 0 saturated heterocycles. The Labute approximate surface area is 147 Å². The van der Waals surface area contributed by atoms with E-state index in [-0.39, 0.29) is 6.10 Å². The number of rotatable bonds is 10. The fourth-order valence-corrected chi connectivity index (χ4v) is 2.03. The van der Waals surface area contributed by atoms with Crippen molar-refractivity contribution in [2.75, 3.05) is 20.3 Å². The molecule has 1 atom stereocenters. The second kappa shape index (κ2) is 10.9. The Kier molecular flexibility index (Phi) is 9.24. The lowest BCUT2D eigenvalue weighted by Crippen LogP contribution is -2.07. The summed E-state index contributed by atoms with van der Waals surface area (Å²) in [6, 6.07) is 8.46. The van der Waals surface area contributed by atoms with E-state index in [1.165, 1.54) is 5.56 Å². The van der Waals surface area contributed by atoms with Gasteiger partial charge in [-0.15, -0.1) is 0 Å². The number of hydrogen-bond donors (Lipinski definition) is 0. The summed E-state index contributed by atoms with van der Waals surface area (Å²) in [7, 11) is 1.72. The first-order chi connectivity index (χ1) is 11.4. The van der Waals surface area contributed by atoms with Gasteiger partial charge in [0.05, 0.1) is 31.8 Å². The van der Waals surface area contributed by atoms with Gasteiger partial charge >= 0.3 is 0 Å². The third kappa shape index (κ3) is 7.69. The summed E-state index contributed by atoms with van der Waals surface area (Å²) >= 11 is 0. The molecule has 1 aromatic carbocycles. The molecule has 0 saturated carbocycles. The van der Waals surface area contributed by atoms with Gasteiger partial charge in [0, 0.05) is 13.5 Å². The Morgan fingerprint density at radius 3 is 1.88 bits per heavy atom. The second-order valence-electron chi connectivity index (χ2n) is 6.61. The van der Waals surface area contributed by atoms with Crippen LogP contribution in [-0.2, 0) is 14.2 Å². The van der Waals surface area contributed by atoms with Crippen LogP contribution >= 0.6 is 0 Å². The van der Waals surface area contributed by atoms with Crippen molar-refractivity contribution in [3.63, 3.8) is 0 Å². The fraction of sp³-hybridized carbons (Fsp3) is 0.524. The maximum atomic E-state index is 5.60. The predicted octanol–water partition coefficient (Wildman–Crippen LogP) is 5.52. The molecular formula is C21H32O3. The fourth-order valence-electron chi connectivity index (χ4n) is 2.03. The quantitative estimate of drug-likeness (QED) is 0.417. The number of hydrogen-bond acceptors (Lipinski definition) is 3. The standard InChI is InChI=1S/C21H32O3/c1-16(2)13-24-15-18(4)21-9-7-20(8-10-21)17(3)14-23-12-11-19(5)22-6/h7-10,14-16,19H,11-13H2,1-6H3. The van der Waals surface area contributed by atoms with E-state index in [4.69, 9.17) is 14.2 Å². The van der Waals surface area contributed by atoms with Crippen LogP contribution in [0.25, 0.3) is 11.1 Å². The first-order valence-electron chi connectivity index (χ1n) is 8.64. The third-order valence-corrected chi connectivity index (χ3v) is 3.79. The zero-order valence-corrected chi connectivity index (χ0v) is 16.0. The van der Waals surface area contributed by atoms with E-state index in [0.717, 1.165) is 29.7 Å². The van der Waals surface area contributed by atoms with Crippen molar-refractivity contribution in [1.29, 1.82) is 0 Å². The highest BCUT2D eigenvalue weighted by molar-refractivity contribution is 5.68. The Morgan fingerprint density at radius 2 is 1.42 bits per heavy atom. The molecule has 1 rings (SSSR count). The van der Waals surface area contributed by atoms with Gasteiger partial charge in [-0.2, -0.15) is 0 Å². The Hall–Kier alpha value is -1.74. The number of allylic oxidation sites excluding steroid dienone is 2. The van der Waals surface area contributed by atoms with Gasteiger partial charge in [0.1, 0.15) is 0 Å². The van der Waals surface area contributed by atoms with Gasteiger partial charge in [0.15, 0.2) is 0 Å². The Balaban J connectivity index is 2.56. The van der Waals surface area contributed by atoms with Crippen molar-refractivity contribution >= 4 is 11.1 Å². The van der Waals surface area contributed by atoms with Crippen molar-refractivity contribution in [2.24, 2.45) is 5.92 Å². The summed E-state index contributed by atoms with van der Waals surface area (Å²) in [5.74, 6) is 0.538. The summed E-state index contributed by atoms with van der Waals surface area (Å²) in [5.41, 5.74) is 4.58. The number of benzene rings is 1. The summed E-state index contributed by atoms with van der Waals surface area (Å²) < 4.78 is 16.4. The smallest absolute Gasteiger partial charge is 0.0898 e. The zero-order valence-electron chi connectivity index (χ0n) is 16.0. The molecule has 0 fully saturated rings. The van der Waals surface area contributed by atoms with Gasteiger partial charge in [0.2, 0.25) is 0 Å². The molecule has 1 aromatic rings. The third-order valence-electron chi connectivity index (χ3n) is 3.79. The van der Waals surface area contributed by atoms with Crippen LogP contribution in [0.3, 0.4) is 0 Å². The average Bonchev–Trinajstić information content (AvgIpc) is 2.57. The molecule has 1 unspecified atom stereocenters. The van der Waals surface area contributed by atoms with E-state index in [1.54, 1.807) is 7.11 Å². The Bertz CT molecular complexity index is 527. The molecule has 0 heterocycles. The zero-order chi connectivity index (χ0) is 17.9. The maximum Gasteiger partial charge on any atom is 0.0898 e. The van der Waals surface area contributed by atoms with Crippen molar-refractivity contribution in [2.45, 2.75) is 47.1 Å². The predicted molar refractivity (Wildman–Crippen MR) is 102 cm³/mol. The van der Waals surface area contributed by atoms with Crippen LogP contribution < -0.4 is 0 Å². The van der Waals surface area contributed by atoms with Gasteiger partial charge in [-0.3, -0.25) is 0 Å². The minimum absolute atomic E-state index is 0.227. The molecule has 3 nitrogen and oxygen atoms in total. The van der Waals surface area contributed by atoms with E-state index < -0.39 is 0 Å². The van der Waals surface area contributed by atoms with Crippen LogP contribution in [0, 0.1) is 5.92 Å². The number of methoxy groups -OCH3 is 1. The van der Waals surface area contributed by atoms with E-state index in [1.807, 2.05) is 19.4 Å². The normalized spacial score (nSPS) is 14.0. The first kappa shape index (κ1) is 20.3. The molecule has 0 N–H and O–H groups in total. The van der Waals surface area contributed by atoms with Crippen LogP contribution in [-0.4, -0.2) is 26.4 Å². The van der Waals surface area contributed by atoms with E-state index in [0.29, 0.717) is 12.5 Å². The van der Waals surface area contributed by atoms with E-state index >= 15 is 0 Å². The lowest BCUT2D eigenvalue weighted by molar-refractivity contribution is 0.0877. The minimum Gasteiger partial charge on any atom is -0.501 e. The van der Waals surface area contributed by atoms with E-state index in [9.17, 15) is 0 Å². The molecule has 0 bridgehead atoms. The van der Waals surface area contributed by atoms with Gasteiger partial charge in [-0.25, -0.2) is 0 Å². The molecule has 3 heteroatoms. The van der Waals surface area contributed by atoms with Crippen molar-refractivity contribution in [3.8, 4) is 0 Å². The van der Waals surface area contributed by atoms with Crippen LogP contribution in [0.4, 0.5) is 0 Å². The van der Waals surface area contributed by atoms with Gasteiger partial charge in [-0.1, -0.05) is 38.1 Å². The first-order valence-corrected chi connectivity index (χ1v) is 8.64. The molecule has 0 aliphatic rings. The van der Waals surface area contributed by atoms with Crippen LogP contribution in [0.5, 0.6) is 0 Å². The molecule has 0 aliphatic carbocycles. The van der Waals surface area contributed by atoms with Crippen molar-refractivity contribution in [1.82, 2.24) is 0 Å². The maximum absolute atomic E-state index is 5.60. The minimum atomic E-state index is 0.227. The van der Waals surface area contributed by atoms with Gasteiger partial charge < -0.3 is 14.2 Å². The molecular weight excluding hydrogens is 300 g/mol. The average molecular weight is 332 g/mol. The lowest BCUT2D eigenvalue weighted by Gasteiger charge is -2.10. The Morgan fingerprint density at radius 1 is 0.917 bits per heavy atom. The van der Waals surface area contributed by atoms with Crippen molar-refractivity contribution in [3.05, 3.63) is 47.9 Å². The summed E-state index contributed by atoms with van der Waals surface area (Å²) in [5, 5.41) is 0. The van der Waals surface area contributed by atoms with Crippen LogP contribution in [0.2, 0.25) is 0 Å². The van der Waals surface area contributed by atoms with Crippen molar-refractivity contribution < 1.29 is 14.2 Å². The summed E-state index contributed by atoms with van der Waals surface area (Å²) in [6.45, 7) is 11.9. The topological polar surface area (TPSA) is 27.7 Å². The van der Waals surface area contributed by atoms with Gasteiger partial charge in [0.25, 0.3) is 0 Å². The summed E-state index contributed by atoms with van der Waals surface area (Å²) in [6.07, 6.45) is 4.79. The molecule has 0 aliphatic heterocycles. The molecule has 0 spiro atoms. The monoisotopic (exact) mass is 332 g/mol.